The van der Waals surface area contributed by atoms with Gasteiger partial charge >= 0.3 is 5.69 Å². The number of nitrogens with zero attached hydrogens (tertiary/aromatic N) is 6. The number of ether oxygens (including phenoxy) is 1. The van der Waals surface area contributed by atoms with Crippen LogP contribution < -0.4 is 20.2 Å². The van der Waals surface area contributed by atoms with Gasteiger partial charge in [0.2, 0.25) is 0 Å². The van der Waals surface area contributed by atoms with Gasteiger partial charge in [0.15, 0.2) is 5.65 Å². The SMILES string of the molecule is COc1cccc(N2CCN(c3cc4nn(Cc5cc(F)ccc5F)c(=O)n4cn3)CC2)c1. The van der Waals surface area contributed by atoms with E-state index in [1.807, 2.05) is 18.2 Å². The second kappa shape index (κ2) is 8.53. The van der Waals surface area contributed by atoms with Gasteiger partial charge in [0.25, 0.3) is 0 Å². The Morgan fingerprint density at radius 3 is 2.58 bits per heavy atom. The Balaban J connectivity index is 1.34. The van der Waals surface area contributed by atoms with E-state index in [2.05, 4.69) is 25.9 Å². The Hall–Kier alpha value is -3.95. The van der Waals surface area contributed by atoms with Gasteiger partial charge in [-0.25, -0.2) is 27.6 Å². The van der Waals surface area contributed by atoms with Crippen molar-refractivity contribution in [3.8, 4) is 5.75 Å². The first-order valence-electron chi connectivity index (χ1n) is 10.5. The lowest BCUT2D eigenvalue weighted by atomic mass is 10.2. The topological polar surface area (TPSA) is 67.9 Å². The van der Waals surface area contributed by atoms with Crippen LogP contribution in [-0.4, -0.2) is 52.5 Å². The lowest BCUT2D eigenvalue weighted by Gasteiger charge is -2.36. The molecule has 8 nitrogen and oxygen atoms in total. The van der Waals surface area contributed by atoms with E-state index in [1.165, 1.54) is 10.7 Å². The summed E-state index contributed by atoms with van der Waals surface area (Å²) in [5.41, 5.74) is 1.10. The minimum Gasteiger partial charge on any atom is -0.497 e. The zero-order chi connectivity index (χ0) is 22.9. The Morgan fingerprint density at radius 2 is 1.79 bits per heavy atom. The molecule has 1 aliphatic rings. The summed E-state index contributed by atoms with van der Waals surface area (Å²) < 4.78 is 35.2. The Bertz CT molecular complexity index is 1360. The average Bonchev–Trinajstić information content (AvgIpc) is 3.16. The van der Waals surface area contributed by atoms with Crippen LogP contribution in [0.5, 0.6) is 5.75 Å². The number of hydrogen-bond donors (Lipinski definition) is 0. The maximum absolute atomic E-state index is 14.0. The third-order valence-electron chi connectivity index (χ3n) is 5.81. The molecular formula is C23H22F2N6O2. The minimum atomic E-state index is -0.590. The number of rotatable bonds is 5. The quantitative estimate of drug-likeness (QED) is 0.464. The summed E-state index contributed by atoms with van der Waals surface area (Å²) in [6, 6.07) is 12.8. The minimum absolute atomic E-state index is 0.0577. The highest BCUT2D eigenvalue weighted by Crippen LogP contribution is 2.23. The average molecular weight is 452 g/mol. The molecule has 5 rings (SSSR count). The van der Waals surface area contributed by atoms with Crippen LogP contribution in [0.4, 0.5) is 20.3 Å². The number of aromatic nitrogens is 4. The molecule has 0 unspecified atom stereocenters. The zero-order valence-corrected chi connectivity index (χ0v) is 18.0. The van der Waals surface area contributed by atoms with Gasteiger partial charge in [-0.05, 0) is 30.3 Å². The summed E-state index contributed by atoms with van der Waals surface area (Å²) in [7, 11) is 1.65. The number of halogens is 2. The monoisotopic (exact) mass is 452 g/mol. The van der Waals surface area contributed by atoms with Gasteiger partial charge in [-0.1, -0.05) is 6.07 Å². The summed E-state index contributed by atoms with van der Waals surface area (Å²) in [6.07, 6.45) is 1.42. The van der Waals surface area contributed by atoms with E-state index >= 15 is 0 Å². The second-order valence-electron chi connectivity index (χ2n) is 7.83. The van der Waals surface area contributed by atoms with Crippen molar-refractivity contribution in [1.29, 1.82) is 0 Å². The highest BCUT2D eigenvalue weighted by molar-refractivity contribution is 5.54. The van der Waals surface area contributed by atoms with Crippen molar-refractivity contribution in [1.82, 2.24) is 19.2 Å². The first-order valence-corrected chi connectivity index (χ1v) is 10.5. The van der Waals surface area contributed by atoms with E-state index < -0.39 is 17.3 Å². The van der Waals surface area contributed by atoms with Gasteiger partial charge in [0, 0.05) is 49.6 Å². The van der Waals surface area contributed by atoms with Gasteiger partial charge in [-0.2, -0.15) is 0 Å². The van der Waals surface area contributed by atoms with E-state index in [0.717, 1.165) is 60.5 Å². The molecular weight excluding hydrogens is 430 g/mol. The first kappa shape index (κ1) is 20.9. The number of hydrogen-bond acceptors (Lipinski definition) is 6. The molecule has 170 valence electrons. The maximum atomic E-state index is 14.0. The fraction of sp³-hybridized carbons (Fsp3) is 0.261. The van der Waals surface area contributed by atoms with E-state index in [0.29, 0.717) is 11.5 Å². The van der Waals surface area contributed by atoms with Gasteiger partial charge in [-0.15, -0.1) is 5.10 Å². The van der Waals surface area contributed by atoms with Crippen molar-refractivity contribution in [2.75, 3.05) is 43.1 Å². The smallest absolute Gasteiger partial charge is 0.351 e. The molecule has 33 heavy (non-hydrogen) atoms. The maximum Gasteiger partial charge on any atom is 0.351 e. The van der Waals surface area contributed by atoms with Crippen LogP contribution in [0.3, 0.4) is 0 Å². The summed E-state index contributed by atoms with van der Waals surface area (Å²) in [6.45, 7) is 2.94. The predicted octanol–water partition coefficient (Wildman–Crippen LogP) is 2.55. The Morgan fingerprint density at radius 1 is 1.00 bits per heavy atom. The summed E-state index contributed by atoms with van der Waals surface area (Å²) in [4.78, 5) is 21.5. The lowest BCUT2D eigenvalue weighted by Crippen LogP contribution is -2.46. The normalized spacial score (nSPS) is 14.2. The summed E-state index contributed by atoms with van der Waals surface area (Å²) in [5, 5.41) is 4.30. The molecule has 0 atom stereocenters. The molecule has 2 aromatic carbocycles. The van der Waals surface area contributed by atoms with Crippen LogP contribution >= 0.6 is 0 Å². The molecule has 10 heteroatoms. The molecule has 1 fully saturated rings. The fourth-order valence-electron chi connectivity index (χ4n) is 4.02. The molecule has 0 spiro atoms. The highest BCUT2D eigenvalue weighted by Gasteiger charge is 2.20. The molecule has 4 aromatic rings. The van der Waals surface area contributed by atoms with E-state index in [4.69, 9.17) is 4.74 Å². The Labute approximate surface area is 188 Å². The zero-order valence-electron chi connectivity index (χ0n) is 18.0. The van der Waals surface area contributed by atoms with Crippen LogP contribution in [-0.2, 0) is 6.54 Å². The van der Waals surface area contributed by atoms with Gasteiger partial charge in [-0.3, -0.25) is 0 Å². The molecule has 3 heterocycles. The predicted molar refractivity (Wildman–Crippen MR) is 120 cm³/mol. The number of fused-ring (bicyclic) bond motifs is 1. The van der Waals surface area contributed by atoms with Crippen LogP contribution in [0, 0.1) is 11.6 Å². The summed E-state index contributed by atoms with van der Waals surface area (Å²) >= 11 is 0. The van der Waals surface area contributed by atoms with Crippen molar-refractivity contribution >= 4 is 17.2 Å². The van der Waals surface area contributed by atoms with Crippen molar-refractivity contribution in [3.05, 3.63) is 82.5 Å². The molecule has 0 bridgehead atoms. The van der Waals surface area contributed by atoms with Crippen LogP contribution in [0.25, 0.3) is 5.65 Å². The molecule has 0 radical (unpaired) electrons. The van der Waals surface area contributed by atoms with Crippen LogP contribution in [0.15, 0.2) is 59.7 Å². The highest BCUT2D eigenvalue weighted by atomic mass is 19.1. The van der Waals surface area contributed by atoms with E-state index in [-0.39, 0.29) is 12.1 Å². The number of methoxy groups -OCH3 is 1. The van der Waals surface area contributed by atoms with Crippen molar-refractivity contribution < 1.29 is 13.5 Å². The van der Waals surface area contributed by atoms with Crippen LogP contribution in [0.2, 0.25) is 0 Å². The molecule has 1 saturated heterocycles. The molecule has 2 aromatic heterocycles. The van der Waals surface area contributed by atoms with Gasteiger partial charge in [0.05, 0.1) is 13.7 Å². The second-order valence-corrected chi connectivity index (χ2v) is 7.83. The van der Waals surface area contributed by atoms with Crippen LogP contribution in [0.1, 0.15) is 5.56 Å². The molecule has 0 N–H and O–H groups in total. The van der Waals surface area contributed by atoms with Crippen molar-refractivity contribution in [2.24, 2.45) is 0 Å². The molecule has 0 amide bonds. The summed E-state index contributed by atoms with van der Waals surface area (Å²) in [5.74, 6) is 0.372. The Kier molecular flexibility index (Phi) is 5.41. The largest absolute Gasteiger partial charge is 0.497 e. The lowest BCUT2D eigenvalue weighted by molar-refractivity contribution is 0.414. The fourth-order valence-corrected chi connectivity index (χ4v) is 4.02. The third-order valence-corrected chi connectivity index (χ3v) is 5.81. The van der Waals surface area contributed by atoms with E-state index in [9.17, 15) is 13.6 Å². The van der Waals surface area contributed by atoms with E-state index in [1.54, 1.807) is 13.2 Å². The van der Waals surface area contributed by atoms with Crippen molar-refractivity contribution in [3.63, 3.8) is 0 Å². The molecule has 1 aliphatic heterocycles. The van der Waals surface area contributed by atoms with Gasteiger partial charge in [0.1, 0.15) is 29.5 Å². The first-order chi connectivity index (χ1) is 16.0. The third kappa shape index (κ3) is 4.11. The number of anilines is 2. The molecule has 0 aliphatic carbocycles. The van der Waals surface area contributed by atoms with Crippen molar-refractivity contribution in [2.45, 2.75) is 6.54 Å². The van der Waals surface area contributed by atoms with Gasteiger partial charge < -0.3 is 14.5 Å². The standard InChI is InChI=1S/C23H22F2N6O2/c1-33-19-4-2-3-18(12-19)28-7-9-29(10-8-28)21-13-22-27-31(23(32)30(22)15-26-21)14-16-11-17(24)5-6-20(16)25/h2-6,11-13,15H,7-10,14H2,1H3. The number of benzene rings is 2. The molecule has 0 saturated carbocycles. The number of piperazine rings is 1.